The molecule has 4 saturated carbocycles. The van der Waals surface area contributed by atoms with E-state index in [4.69, 9.17) is 9.47 Å². The lowest BCUT2D eigenvalue weighted by molar-refractivity contribution is -0.188. The fourth-order valence-corrected chi connectivity index (χ4v) is 9.02. The maximum atomic E-state index is 12.4. The lowest BCUT2D eigenvalue weighted by Gasteiger charge is -2.61. The van der Waals surface area contributed by atoms with Crippen molar-refractivity contribution in [1.82, 2.24) is 4.13 Å². The Morgan fingerprint density at radius 2 is 1.75 bits per heavy atom. The van der Waals surface area contributed by atoms with Gasteiger partial charge in [0.1, 0.15) is 6.10 Å². The van der Waals surface area contributed by atoms with Crippen molar-refractivity contribution in [3.8, 4) is 0 Å². The standard InChI is InChI=1S/C15H25NO6S2/c1-23(17,18)16-24(19,20)10-14-3-11-2-12(4-14)6-15(5-11,9-14)22-8-13-7-21-13/h11-13,16H,2-10H2,1H3. The average Bonchev–Trinajstić information content (AvgIpc) is 3.13. The first-order valence-corrected chi connectivity index (χ1v) is 12.1. The van der Waals surface area contributed by atoms with Crippen LogP contribution in [0.3, 0.4) is 0 Å². The summed E-state index contributed by atoms with van der Waals surface area (Å²) in [6.45, 7) is 1.34. The van der Waals surface area contributed by atoms with Gasteiger partial charge in [-0.3, -0.25) is 0 Å². The van der Waals surface area contributed by atoms with Crippen molar-refractivity contribution in [1.29, 1.82) is 0 Å². The number of hydrogen-bond donors (Lipinski definition) is 1. The molecule has 3 unspecified atom stereocenters. The third kappa shape index (κ3) is 3.65. The third-order valence-corrected chi connectivity index (χ3v) is 9.10. The SMILES string of the molecule is CS(=O)(=O)NS(=O)(=O)CC12CC3CC(C1)CC(OCC1CO1)(C3)C2. The maximum Gasteiger partial charge on any atom is 0.225 e. The number of nitrogens with one attached hydrogen (secondary N) is 1. The Labute approximate surface area is 143 Å². The molecule has 0 aromatic rings. The molecule has 7 nitrogen and oxygen atoms in total. The zero-order valence-electron chi connectivity index (χ0n) is 13.9. The van der Waals surface area contributed by atoms with Crippen LogP contribution in [0.4, 0.5) is 0 Å². The molecule has 5 aliphatic rings. The highest BCUT2D eigenvalue weighted by Gasteiger charge is 2.59. The largest absolute Gasteiger partial charge is 0.372 e. The summed E-state index contributed by atoms with van der Waals surface area (Å²) in [5, 5.41) is 0. The van der Waals surface area contributed by atoms with Crippen molar-refractivity contribution < 1.29 is 26.3 Å². The smallest absolute Gasteiger partial charge is 0.225 e. The maximum absolute atomic E-state index is 12.4. The molecule has 1 N–H and O–H groups in total. The minimum Gasteiger partial charge on any atom is -0.372 e. The summed E-state index contributed by atoms with van der Waals surface area (Å²) in [7, 11) is -7.65. The molecule has 0 amide bonds. The summed E-state index contributed by atoms with van der Waals surface area (Å²) >= 11 is 0. The highest BCUT2D eigenvalue weighted by Crippen LogP contribution is 2.63. The Morgan fingerprint density at radius 3 is 2.29 bits per heavy atom. The first-order chi connectivity index (χ1) is 11.1. The van der Waals surface area contributed by atoms with Crippen molar-refractivity contribution in [2.24, 2.45) is 17.3 Å². The summed E-state index contributed by atoms with van der Waals surface area (Å²) < 4.78 is 60.7. The van der Waals surface area contributed by atoms with Crippen molar-refractivity contribution in [3.05, 3.63) is 0 Å². The van der Waals surface area contributed by atoms with E-state index in [0.29, 0.717) is 24.9 Å². The van der Waals surface area contributed by atoms with Crippen LogP contribution < -0.4 is 4.13 Å². The molecule has 4 bridgehead atoms. The van der Waals surface area contributed by atoms with Gasteiger partial charge in [-0.15, -0.1) is 4.13 Å². The van der Waals surface area contributed by atoms with Gasteiger partial charge in [-0.2, -0.15) is 0 Å². The van der Waals surface area contributed by atoms with Gasteiger partial charge in [-0.25, -0.2) is 16.8 Å². The monoisotopic (exact) mass is 379 g/mol. The Balaban J connectivity index is 1.54. The Morgan fingerprint density at radius 1 is 1.12 bits per heavy atom. The van der Waals surface area contributed by atoms with Gasteiger partial charge in [-0.1, -0.05) is 0 Å². The summed E-state index contributed by atoms with van der Waals surface area (Å²) in [5.41, 5.74) is -0.596. The second kappa shape index (κ2) is 5.39. The van der Waals surface area contributed by atoms with Crippen molar-refractivity contribution in [2.45, 2.75) is 50.2 Å². The molecule has 1 heterocycles. The Hall–Kier alpha value is -0.220. The molecule has 3 atom stereocenters. The highest BCUT2D eigenvalue weighted by atomic mass is 32.3. The molecule has 5 fully saturated rings. The first kappa shape index (κ1) is 17.2. The van der Waals surface area contributed by atoms with Gasteiger partial charge in [-0.05, 0) is 55.8 Å². The van der Waals surface area contributed by atoms with Gasteiger partial charge >= 0.3 is 0 Å². The summed E-state index contributed by atoms with van der Waals surface area (Å²) in [6, 6.07) is 0. The lowest BCUT2D eigenvalue weighted by atomic mass is 9.48. The van der Waals surface area contributed by atoms with Gasteiger partial charge < -0.3 is 9.47 Å². The van der Waals surface area contributed by atoms with E-state index in [1.54, 1.807) is 0 Å². The normalized spacial score (nSPS) is 44.0. The molecule has 0 aromatic heterocycles. The number of hydrogen-bond acceptors (Lipinski definition) is 6. The minimum absolute atomic E-state index is 0.120. The molecule has 0 aromatic carbocycles. The predicted octanol–water partition coefficient (Wildman–Crippen LogP) is 0.620. The van der Waals surface area contributed by atoms with Crippen molar-refractivity contribution in [3.63, 3.8) is 0 Å². The van der Waals surface area contributed by atoms with E-state index in [1.807, 2.05) is 4.13 Å². The van der Waals surface area contributed by atoms with Crippen LogP contribution in [0.5, 0.6) is 0 Å². The number of epoxide rings is 1. The van der Waals surface area contributed by atoms with Crippen LogP contribution >= 0.6 is 0 Å². The molecule has 9 heteroatoms. The van der Waals surface area contributed by atoms with Crippen LogP contribution in [0.1, 0.15) is 38.5 Å². The second-order valence-electron chi connectivity index (χ2n) is 8.52. The van der Waals surface area contributed by atoms with E-state index < -0.39 is 20.0 Å². The molecule has 0 spiro atoms. The van der Waals surface area contributed by atoms with Gasteiger partial charge in [0.2, 0.25) is 20.0 Å². The van der Waals surface area contributed by atoms with E-state index in [0.717, 1.165) is 45.0 Å². The number of rotatable bonds is 7. The molecule has 5 rings (SSSR count). The zero-order chi connectivity index (χ0) is 17.2. The summed E-state index contributed by atoms with van der Waals surface area (Å²) in [5.74, 6) is 0.852. The van der Waals surface area contributed by atoms with Crippen LogP contribution in [0.2, 0.25) is 0 Å². The van der Waals surface area contributed by atoms with Gasteiger partial charge in [0.05, 0.1) is 30.8 Å². The Kier molecular flexibility index (Phi) is 3.86. The van der Waals surface area contributed by atoms with Crippen LogP contribution in [0, 0.1) is 17.3 Å². The van der Waals surface area contributed by atoms with E-state index in [9.17, 15) is 16.8 Å². The van der Waals surface area contributed by atoms with Crippen LogP contribution in [0.15, 0.2) is 0 Å². The summed E-state index contributed by atoms with van der Waals surface area (Å²) in [6.07, 6.45) is 6.65. The lowest BCUT2D eigenvalue weighted by Crippen LogP contribution is -2.59. The number of sulfonamides is 2. The van der Waals surface area contributed by atoms with E-state index >= 15 is 0 Å². The van der Waals surface area contributed by atoms with Crippen molar-refractivity contribution >= 4 is 20.0 Å². The van der Waals surface area contributed by atoms with Gasteiger partial charge in [0, 0.05) is 0 Å². The highest BCUT2D eigenvalue weighted by molar-refractivity contribution is 8.04. The van der Waals surface area contributed by atoms with E-state index in [-0.39, 0.29) is 22.9 Å². The van der Waals surface area contributed by atoms with Crippen LogP contribution in [0.25, 0.3) is 0 Å². The first-order valence-electron chi connectivity index (χ1n) is 8.53. The predicted molar refractivity (Wildman–Crippen MR) is 87.3 cm³/mol. The van der Waals surface area contributed by atoms with Gasteiger partial charge in [0.15, 0.2) is 0 Å². The topological polar surface area (TPSA) is 102 Å². The van der Waals surface area contributed by atoms with Crippen molar-refractivity contribution in [2.75, 3.05) is 25.2 Å². The molecule has 1 aliphatic heterocycles. The third-order valence-electron chi connectivity index (χ3n) is 5.88. The summed E-state index contributed by atoms with van der Waals surface area (Å²) in [4.78, 5) is 0. The van der Waals surface area contributed by atoms with Gasteiger partial charge in [0.25, 0.3) is 0 Å². The molecule has 24 heavy (non-hydrogen) atoms. The Bertz CT molecular complexity index is 713. The fourth-order valence-electron chi connectivity index (χ4n) is 5.80. The van der Waals surface area contributed by atoms with Crippen LogP contribution in [-0.2, 0) is 29.5 Å². The molecule has 138 valence electrons. The minimum atomic E-state index is -3.87. The van der Waals surface area contributed by atoms with E-state index in [2.05, 4.69) is 0 Å². The fraction of sp³-hybridized carbons (Fsp3) is 1.00. The van der Waals surface area contributed by atoms with Crippen LogP contribution in [-0.4, -0.2) is 53.8 Å². The number of ether oxygens (including phenoxy) is 2. The molecule has 4 aliphatic carbocycles. The quantitative estimate of drug-likeness (QED) is 0.651. The molecular formula is C15H25NO6S2. The molecule has 1 saturated heterocycles. The zero-order valence-corrected chi connectivity index (χ0v) is 15.5. The molecule has 0 radical (unpaired) electrons. The molecular weight excluding hydrogens is 354 g/mol. The van der Waals surface area contributed by atoms with E-state index in [1.165, 1.54) is 0 Å². The average molecular weight is 380 g/mol. The second-order valence-corrected chi connectivity index (χ2v) is 12.3.